The highest BCUT2D eigenvalue weighted by atomic mass is 32.1. The van der Waals surface area contributed by atoms with Gasteiger partial charge in [-0.25, -0.2) is 9.98 Å². The number of nitrogens with one attached hydrogen (secondary N) is 1. The van der Waals surface area contributed by atoms with Crippen molar-refractivity contribution in [2.45, 2.75) is 38.2 Å². The molecule has 0 unspecified atom stereocenters. The Bertz CT molecular complexity index is 1500. The summed E-state index contributed by atoms with van der Waals surface area (Å²) in [5.41, 5.74) is 5.17. The van der Waals surface area contributed by atoms with Crippen LogP contribution in [0, 0.1) is 0 Å². The smallest absolute Gasteiger partial charge is 0.251 e. The largest absolute Gasteiger partial charge is 0.393 e. The highest BCUT2D eigenvalue weighted by Gasteiger charge is 2.16. The number of hydrogen-bond acceptors (Lipinski definition) is 8. The van der Waals surface area contributed by atoms with Gasteiger partial charge in [-0.05, 0) is 54.3 Å². The summed E-state index contributed by atoms with van der Waals surface area (Å²) < 4.78 is 6.16. The van der Waals surface area contributed by atoms with Crippen molar-refractivity contribution in [3.8, 4) is 11.1 Å². The summed E-state index contributed by atoms with van der Waals surface area (Å²) in [6.45, 7) is 0. The maximum atomic E-state index is 9.84. The van der Waals surface area contributed by atoms with Crippen LogP contribution in [0.5, 0.6) is 0 Å². The van der Waals surface area contributed by atoms with Crippen LogP contribution in [0.25, 0.3) is 21.2 Å². The van der Waals surface area contributed by atoms with E-state index in [1.54, 1.807) is 23.8 Å². The first-order valence-corrected chi connectivity index (χ1v) is 12.9. The van der Waals surface area contributed by atoms with E-state index in [0.29, 0.717) is 12.4 Å². The van der Waals surface area contributed by atoms with E-state index in [2.05, 4.69) is 46.9 Å². The van der Waals surface area contributed by atoms with Crippen molar-refractivity contribution >= 4 is 43.9 Å². The Balaban J connectivity index is 1.31. The van der Waals surface area contributed by atoms with Crippen molar-refractivity contribution in [2.24, 2.45) is 4.99 Å². The van der Waals surface area contributed by atoms with Crippen molar-refractivity contribution in [3.05, 3.63) is 84.4 Å². The van der Waals surface area contributed by atoms with E-state index in [-0.39, 0.29) is 6.10 Å². The van der Waals surface area contributed by atoms with Gasteiger partial charge in [-0.3, -0.25) is 0 Å². The molecule has 0 saturated heterocycles. The Hall–Kier alpha value is -3.88. The van der Waals surface area contributed by atoms with E-state index >= 15 is 0 Å². The fourth-order valence-electron chi connectivity index (χ4n) is 4.43. The lowest BCUT2D eigenvalue weighted by atomic mass is 9.96. The predicted octanol–water partition coefficient (Wildman–Crippen LogP) is 6.69. The van der Waals surface area contributed by atoms with Crippen molar-refractivity contribution in [1.29, 1.82) is 0 Å². The first kappa shape index (κ1) is 22.6. The number of hydrogen-bond donors (Lipinski definition) is 2. The molecule has 5 aromatic rings. The molecule has 0 bridgehead atoms. The normalized spacial score (nSPS) is 15.8. The third kappa shape index (κ3) is 5.19. The topological polar surface area (TPSA) is 96.4 Å². The lowest BCUT2D eigenvalue weighted by molar-refractivity contribution is 0.152. The monoisotopic (exact) mass is 495 g/mol. The molecule has 1 aliphatic carbocycles. The lowest BCUT2D eigenvalue weighted by Gasteiger charge is -2.18. The van der Waals surface area contributed by atoms with Crippen LogP contribution in [-0.4, -0.2) is 32.0 Å². The molecule has 0 aliphatic heterocycles. The van der Waals surface area contributed by atoms with Gasteiger partial charge in [0.05, 0.1) is 23.0 Å². The van der Waals surface area contributed by atoms with Crippen molar-refractivity contribution in [3.63, 3.8) is 0 Å². The molecule has 0 spiro atoms. The van der Waals surface area contributed by atoms with Crippen LogP contribution in [0.3, 0.4) is 0 Å². The van der Waals surface area contributed by atoms with Gasteiger partial charge in [0, 0.05) is 28.5 Å². The van der Waals surface area contributed by atoms with Crippen molar-refractivity contribution in [2.75, 3.05) is 5.32 Å². The average Bonchev–Trinajstić information content (AvgIpc) is 3.55. The summed E-state index contributed by atoms with van der Waals surface area (Å²) in [5.74, 6) is 1.19. The highest BCUT2D eigenvalue weighted by molar-refractivity contribution is 7.22. The number of benzene rings is 2. The van der Waals surface area contributed by atoms with Crippen LogP contribution >= 0.6 is 11.3 Å². The molecule has 3 heterocycles. The molecule has 1 fully saturated rings. The minimum absolute atomic E-state index is 0.232. The highest BCUT2D eigenvalue weighted by Crippen LogP contribution is 2.35. The summed E-state index contributed by atoms with van der Waals surface area (Å²) in [7, 11) is 0. The second-order valence-corrected chi connectivity index (χ2v) is 10.1. The zero-order valence-electron chi connectivity index (χ0n) is 19.6. The van der Waals surface area contributed by atoms with Gasteiger partial charge in [0.25, 0.3) is 5.95 Å². The second-order valence-electron chi connectivity index (χ2n) is 9.02. The van der Waals surface area contributed by atoms with E-state index in [9.17, 15) is 5.11 Å². The maximum Gasteiger partial charge on any atom is 0.251 e. The van der Waals surface area contributed by atoms with Crippen LogP contribution in [0.4, 0.5) is 16.8 Å². The van der Waals surface area contributed by atoms with E-state index in [1.165, 1.54) is 5.56 Å². The summed E-state index contributed by atoms with van der Waals surface area (Å²) >= 11 is 1.67. The van der Waals surface area contributed by atoms with Gasteiger partial charge < -0.3 is 14.9 Å². The number of aliphatic hydroxyl groups is 1. The van der Waals surface area contributed by atoms with Gasteiger partial charge in [-0.2, -0.15) is 4.98 Å². The molecular formula is C28H25N5O2S. The van der Waals surface area contributed by atoms with E-state index in [4.69, 9.17) is 19.5 Å². The quantitative estimate of drug-likeness (QED) is 0.272. The summed E-state index contributed by atoms with van der Waals surface area (Å²) in [6, 6.07) is 20.7. The third-order valence-electron chi connectivity index (χ3n) is 6.32. The SMILES string of the molecule is OC1CCC(=Nc2nc(Cc3ccccc3)cc(Nc3cc4ccc(-c5cnoc5)cc4s3)n2)CC1. The number of aliphatic hydroxyl groups excluding tert-OH is 1. The third-order valence-corrected chi connectivity index (χ3v) is 7.34. The Kier molecular flexibility index (Phi) is 6.27. The number of anilines is 2. The Morgan fingerprint density at radius 2 is 1.86 bits per heavy atom. The average molecular weight is 496 g/mol. The Morgan fingerprint density at radius 1 is 1.00 bits per heavy atom. The van der Waals surface area contributed by atoms with Crippen LogP contribution in [0.2, 0.25) is 0 Å². The van der Waals surface area contributed by atoms with Crippen LogP contribution in [0.15, 0.2) is 82.6 Å². The molecule has 6 rings (SSSR count). The number of fused-ring (bicyclic) bond motifs is 1. The first-order valence-electron chi connectivity index (χ1n) is 12.0. The van der Waals surface area contributed by atoms with Crippen molar-refractivity contribution < 1.29 is 9.63 Å². The molecule has 0 amide bonds. The molecule has 0 radical (unpaired) electrons. The Morgan fingerprint density at radius 3 is 2.67 bits per heavy atom. The summed E-state index contributed by atoms with van der Waals surface area (Å²) in [4.78, 5) is 14.3. The van der Waals surface area contributed by atoms with Crippen LogP contribution in [0.1, 0.15) is 36.9 Å². The second kappa shape index (κ2) is 10.0. The van der Waals surface area contributed by atoms with E-state index < -0.39 is 0 Å². The number of rotatable bonds is 6. The molecule has 8 heteroatoms. The standard InChI is InChI=1S/C28H25N5O2S/c34-24-10-8-22(9-11-24)30-28-31-23(12-18-4-2-1-3-5-18)15-26(33-28)32-27-14-20-7-6-19(13-25(20)36-27)21-16-29-35-17-21/h1-7,13-17,24,34H,8-12H2,(H,31,32,33). The fourth-order valence-corrected chi connectivity index (χ4v) is 5.44. The van der Waals surface area contributed by atoms with Gasteiger partial charge >= 0.3 is 0 Å². The molecule has 36 heavy (non-hydrogen) atoms. The number of thiophene rings is 1. The van der Waals surface area contributed by atoms with Gasteiger partial charge in [-0.1, -0.05) is 47.6 Å². The zero-order chi connectivity index (χ0) is 24.3. The minimum atomic E-state index is -0.232. The molecule has 180 valence electrons. The molecule has 0 atom stereocenters. The number of aliphatic imine (C=N–C) groups is 1. The molecule has 3 aromatic heterocycles. The van der Waals surface area contributed by atoms with Crippen LogP contribution in [-0.2, 0) is 6.42 Å². The molecule has 2 aromatic carbocycles. The molecule has 1 aliphatic rings. The minimum Gasteiger partial charge on any atom is -0.393 e. The van der Waals surface area contributed by atoms with Gasteiger partial charge in [0.2, 0.25) is 0 Å². The van der Waals surface area contributed by atoms with Gasteiger partial charge in [0.1, 0.15) is 12.1 Å². The number of aromatic nitrogens is 3. The predicted molar refractivity (Wildman–Crippen MR) is 143 cm³/mol. The maximum absolute atomic E-state index is 9.84. The summed E-state index contributed by atoms with van der Waals surface area (Å²) in [6.07, 6.45) is 6.88. The fraction of sp³-hybridized carbons (Fsp3) is 0.214. The molecule has 7 nitrogen and oxygen atoms in total. The first-order chi connectivity index (χ1) is 17.7. The van der Waals surface area contributed by atoms with Gasteiger partial charge in [0.15, 0.2) is 0 Å². The summed E-state index contributed by atoms with van der Waals surface area (Å²) in [5, 5.41) is 19.3. The zero-order valence-corrected chi connectivity index (χ0v) is 20.4. The van der Waals surface area contributed by atoms with Crippen molar-refractivity contribution in [1.82, 2.24) is 15.1 Å². The number of nitrogens with zero attached hydrogens (tertiary/aromatic N) is 4. The lowest BCUT2D eigenvalue weighted by Crippen LogP contribution is -2.17. The van der Waals surface area contributed by atoms with Gasteiger partial charge in [-0.15, -0.1) is 11.3 Å². The Labute approximate surface area is 212 Å². The van der Waals surface area contributed by atoms with E-state index in [1.807, 2.05) is 24.3 Å². The molecular weight excluding hydrogens is 470 g/mol. The molecule has 1 saturated carbocycles. The van der Waals surface area contributed by atoms with Crippen LogP contribution < -0.4 is 5.32 Å². The van der Waals surface area contributed by atoms with E-state index in [0.717, 1.165) is 69.1 Å². The molecule has 2 N–H and O–H groups in total.